The van der Waals surface area contributed by atoms with E-state index in [2.05, 4.69) is 46.1 Å². The Kier molecular flexibility index (Phi) is 5.67. The van der Waals surface area contributed by atoms with Crippen LogP contribution in [0.1, 0.15) is 48.2 Å². The van der Waals surface area contributed by atoms with Crippen LogP contribution in [0, 0.1) is 12.8 Å². The van der Waals surface area contributed by atoms with Gasteiger partial charge in [0.05, 0.1) is 25.0 Å². The number of aryl methyl sites for hydroxylation is 2. The van der Waals surface area contributed by atoms with E-state index in [0.29, 0.717) is 6.54 Å². The van der Waals surface area contributed by atoms with Crippen LogP contribution in [0.3, 0.4) is 0 Å². The van der Waals surface area contributed by atoms with Crippen LogP contribution in [0.15, 0.2) is 24.3 Å². The first-order valence-electron chi connectivity index (χ1n) is 10.3. The molecule has 0 bridgehead atoms. The van der Waals surface area contributed by atoms with E-state index < -0.39 is 0 Å². The molecule has 1 aliphatic carbocycles. The van der Waals surface area contributed by atoms with Gasteiger partial charge in [-0.05, 0) is 49.4 Å². The summed E-state index contributed by atoms with van der Waals surface area (Å²) in [6.07, 6.45) is 4.33. The first kappa shape index (κ1) is 19.0. The summed E-state index contributed by atoms with van der Waals surface area (Å²) in [5, 5.41) is 7.78. The number of carbonyl (C=O) groups excluding carboxylic acids is 1. The van der Waals surface area contributed by atoms with Gasteiger partial charge in [-0.3, -0.25) is 14.4 Å². The highest BCUT2D eigenvalue weighted by Gasteiger charge is 2.25. The molecule has 1 aromatic carbocycles. The molecular formula is C22H30N4O2. The number of nitrogens with one attached hydrogen (secondary N) is 1. The number of nitrogens with zero attached hydrogens (tertiary/aromatic N) is 3. The second kappa shape index (κ2) is 8.35. The second-order valence-corrected chi connectivity index (χ2v) is 8.06. The molecule has 6 heteroatoms. The van der Waals surface area contributed by atoms with Crippen LogP contribution >= 0.6 is 0 Å². The fourth-order valence-electron chi connectivity index (χ4n) is 4.10. The molecule has 0 radical (unpaired) electrons. The summed E-state index contributed by atoms with van der Waals surface area (Å²) in [5.74, 6) is 1.35. The van der Waals surface area contributed by atoms with Crippen LogP contribution in [0.25, 0.3) is 0 Å². The van der Waals surface area contributed by atoms with Crippen LogP contribution in [-0.2, 0) is 31.0 Å². The third kappa shape index (κ3) is 4.22. The van der Waals surface area contributed by atoms with Crippen molar-refractivity contribution in [2.45, 2.75) is 58.8 Å². The molecule has 1 N–H and O–H groups in total. The van der Waals surface area contributed by atoms with Crippen molar-refractivity contribution >= 4 is 5.91 Å². The highest BCUT2D eigenvalue weighted by Crippen LogP contribution is 2.26. The third-order valence-corrected chi connectivity index (χ3v) is 5.93. The van der Waals surface area contributed by atoms with Crippen LogP contribution in [-0.4, -0.2) is 34.2 Å². The summed E-state index contributed by atoms with van der Waals surface area (Å²) in [6.45, 7) is 6.42. The molecular weight excluding hydrogens is 352 g/mol. The van der Waals surface area contributed by atoms with Crippen LogP contribution in [0.2, 0.25) is 0 Å². The van der Waals surface area contributed by atoms with Gasteiger partial charge in [0.25, 0.3) is 0 Å². The Hall–Kier alpha value is -2.34. The van der Waals surface area contributed by atoms with Gasteiger partial charge in [0.1, 0.15) is 5.75 Å². The molecule has 2 aliphatic rings. The van der Waals surface area contributed by atoms with Gasteiger partial charge in [0.2, 0.25) is 5.91 Å². The average Bonchev–Trinajstić information content (AvgIpc) is 2.91. The fourth-order valence-corrected chi connectivity index (χ4v) is 4.10. The molecule has 0 unspecified atom stereocenters. The summed E-state index contributed by atoms with van der Waals surface area (Å²) in [4.78, 5) is 14.5. The number of amides is 1. The first-order chi connectivity index (χ1) is 13.6. The lowest BCUT2D eigenvalue weighted by Gasteiger charge is -2.23. The Morgan fingerprint density at radius 1 is 1.25 bits per heavy atom. The molecule has 1 amide bonds. The largest absolute Gasteiger partial charge is 0.496 e. The minimum atomic E-state index is 0.186. The summed E-state index contributed by atoms with van der Waals surface area (Å²) < 4.78 is 7.48. The minimum absolute atomic E-state index is 0.186. The van der Waals surface area contributed by atoms with Crippen molar-refractivity contribution in [3.05, 3.63) is 46.8 Å². The maximum Gasteiger partial charge on any atom is 0.223 e. The predicted octanol–water partition coefficient (Wildman–Crippen LogP) is 3.02. The molecule has 0 atom stereocenters. The number of rotatable bonds is 6. The quantitative estimate of drug-likeness (QED) is 0.834. The van der Waals surface area contributed by atoms with E-state index in [1.54, 1.807) is 7.11 Å². The van der Waals surface area contributed by atoms with Crippen molar-refractivity contribution in [2.75, 3.05) is 13.7 Å². The van der Waals surface area contributed by atoms with Gasteiger partial charge in [0.15, 0.2) is 0 Å². The smallest absolute Gasteiger partial charge is 0.223 e. The molecule has 1 aliphatic heterocycles. The number of hydrogen-bond acceptors (Lipinski definition) is 4. The molecule has 1 saturated carbocycles. The molecule has 2 aromatic rings. The number of ether oxygens (including phenoxy) is 1. The lowest BCUT2D eigenvalue weighted by atomic mass is 9.85. The topological polar surface area (TPSA) is 59.4 Å². The second-order valence-electron chi connectivity index (χ2n) is 8.06. The van der Waals surface area contributed by atoms with Gasteiger partial charge < -0.3 is 10.1 Å². The highest BCUT2D eigenvalue weighted by molar-refractivity contribution is 5.79. The molecule has 1 aromatic heterocycles. The first-order valence-corrected chi connectivity index (χ1v) is 10.3. The summed E-state index contributed by atoms with van der Waals surface area (Å²) in [6, 6.07) is 8.56. The van der Waals surface area contributed by atoms with E-state index in [4.69, 9.17) is 9.84 Å². The monoisotopic (exact) mass is 382 g/mol. The number of carbonyl (C=O) groups is 1. The maximum atomic E-state index is 12.1. The van der Waals surface area contributed by atoms with Crippen molar-refractivity contribution in [3.8, 4) is 5.75 Å². The SMILES string of the molecule is COc1ccc(CN2CCCn3nc(CNC(=O)C4CCC4)cc3C2)cc1C. The van der Waals surface area contributed by atoms with Gasteiger partial charge in [-0.2, -0.15) is 5.10 Å². The van der Waals surface area contributed by atoms with E-state index in [1.807, 2.05) is 0 Å². The Balaban J connectivity index is 1.38. The molecule has 0 saturated heterocycles. The van der Waals surface area contributed by atoms with Crippen molar-refractivity contribution in [2.24, 2.45) is 5.92 Å². The molecule has 4 rings (SSSR count). The molecule has 0 spiro atoms. The third-order valence-electron chi connectivity index (χ3n) is 5.93. The Morgan fingerprint density at radius 3 is 2.82 bits per heavy atom. The summed E-state index contributed by atoms with van der Waals surface area (Å²) in [5.41, 5.74) is 4.67. The fraction of sp³-hybridized carbons (Fsp3) is 0.545. The summed E-state index contributed by atoms with van der Waals surface area (Å²) >= 11 is 0. The lowest BCUT2D eigenvalue weighted by molar-refractivity contribution is -0.127. The molecule has 1 fully saturated rings. The molecule has 2 heterocycles. The molecule has 6 nitrogen and oxygen atoms in total. The zero-order chi connectivity index (χ0) is 19.5. The molecule has 150 valence electrons. The Morgan fingerprint density at radius 2 is 2.11 bits per heavy atom. The lowest BCUT2D eigenvalue weighted by Crippen LogP contribution is -2.34. The number of fused-ring (bicyclic) bond motifs is 1. The zero-order valence-electron chi connectivity index (χ0n) is 16.9. The van der Waals surface area contributed by atoms with E-state index in [1.165, 1.54) is 23.2 Å². The van der Waals surface area contributed by atoms with Gasteiger partial charge in [-0.1, -0.05) is 18.6 Å². The van der Waals surface area contributed by atoms with Crippen molar-refractivity contribution < 1.29 is 9.53 Å². The van der Waals surface area contributed by atoms with E-state index in [-0.39, 0.29) is 11.8 Å². The minimum Gasteiger partial charge on any atom is -0.496 e. The molecule has 28 heavy (non-hydrogen) atoms. The van der Waals surface area contributed by atoms with Crippen LogP contribution in [0.4, 0.5) is 0 Å². The van der Waals surface area contributed by atoms with Gasteiger partial charge >= 0.3 is 0 Å². The maximum absolute atomic E-state index is 12.1. The van der Waals surface area contributed by atoms with Gasteiger partial charge in [-0.25, -0.2) is 0 Å². The van der Waals surface area contributed by atoms with Crippen molar-refractivity contribution in [3.63, 3.8) is 0 Å². The standard InChI is InChI=1S/C22H30N4O2/c1-16-11-17(7-8-21(16)28-2)14-25-9-4-10-26-20(15-25)12-19(24-26)13-23-22(27)18-5-3-6-18/h7-8,11-12,18H,3-6,9-10,13-15H2,1-2H3,(H,23,27). The van der Waals surface area contributed by atoms with Gasteiger partial charge in [0, 0.05) is 32.1 Å². The Bertz CT molecular complexity index is 841. The van der Waals surface area contributed by atoms with Crippen molar-refractivity contribution in [1.29, 1.82) is 0 Å². The van der Waals surface area contributed by atoms with E-state index >= 15 is 0 Å². The normalized spacial score (nSPS) is 17.5. The Labute approximate surface area is 166 Å². The van der Waals surface area contributed by atoms with Crippen molar-refractivity contribution in [1.82, 2.24) is 20.0 Å². The van der Waals surface area contributed by atoms with Crippen LogP contribution in [0.5, 0.6) is 5.75 Å². The van der Waals surface area contributed by atoms with Gasteiger partial charge in [-0.15, -0.1) is 0 Å². The highest BCUT2D eigenvalue weighted by atomic mass is 16.5. The number of aromatic nitrogens is 2. The zero-order valence-corrected chi connectivity index (χ0v) is 16.9. The average molecular weight is 383 g/mol. The number of benzene rings is 1. The van der Waals surface area contributed by atoms with E-state index in [9.17, 15) is 4.79 Å². The number of hydrogen-bond donors (Lipinski definition) is 1. The van der Waals surface area contributed by atoms with E-state index in [0.717, 1.165) is 56.9 Å². The number of methoxy groups -OCH3 is 1. The summed E-state index contributed by atoms with van der Waals surface area (Å²) in [7, 11) is 1.71. The predicted molar refractivity (Wildman–Crippen MR) is 108 cm³/mol. The van der Waals surface area contributed by atoms with Crippen LogP contribution < -0.4 is 10.1 Å².